The van der Waals surface area contributed by atoms with Crippen LogP contribution in [0.3, 0.4) is 0 Å². The zero-order chi connectivity index (χ0) is 17.9. The minimum absolute atomic E-state index is 0.805. The highest BCUT2D eigenvalue weighted by Gasteiger charge is 2.14. The van der Waals surface area contributed by atoms with Gasteiger partial charge in [0.15, 0.2) is 5.82 Å². The number of anilines is 3. The molecule has 6 nitrogen and oxygen atoms in total. The topological polar surface area (TPSA) is 56.4 Å². The molecule has 0 bridgehead atoms. The van der Waals surface area contributed by atoms with Gasteiger partial charge in [0.1, 0.15) is 5.75 Å². The number of methoxy groups -OCH3 is 1. The highest BCUT2D eigenvalue weighted by molar-refractivity contribution is 7.13. The molecule has 3 aromatic rings. The third-order valence-corrected chi connectivity index (χ3v) is 5.60. The van der Waals surface area contributed by atoms with E-state index in [2.05, 4.69) is 56.6 Å². The van der Waals surface area contributed by atoms with Crippen molar-refractivity contribution in [1.82, 2.24) is 15.1 Å². The average molecular weight is 369 g/mol. The van der Waals surface area contributed by atoms with Crippen LogP contribution in [0, 0.1) is 0 Å². The monoisotopic (exact) mass is 369 g/mol. The molecule has 7 heteroatoms. The quantitative estimate of drug-likeness (QED) is 0.719. The number of ether oxygens (including phenoxy) is 1. The van der Waals surface area contributed by atoms with Crippen molar-refractivity contribution >= 4 is 28.5 Å². The molecular formula is C19H23N5OS. The molecule has 0 amide bonds. The summed E-state index contributed by atoms with van der Waals surface area (Å²) in [5, 5.41) is 12.8. The van der Waals surface area contributed by atoms with Crippen LogP contribution < -0.4 is 15.0 Å². The van der Waals surface area contributed by atoms with Crippen LogP contribution >= 0.6 is 11.3 Å². The SMILES string of the molecule is COc1csc(-c2cc(Nc3ccc(N4CCN(C)CC4)cc3)n[nH]2)c1. The van der Waals surface area contributed by atoms with E-state index in [1.165, 1.54) is 5.69 Å². The van der Waals surface area contributed by atoms with Gasteiger partial charge in [-0.25, -0.2) is 0 Å². The van der Waals surface area contributed by atoms with Gasteiger partial charge >= 0.3 is 0 Å². The molecule has 2 N–H and O–H groups in total. The van der Waals surface area contributed by atoms with E-state index in [1.807, 2.05) is 17.5 Å². The van der Waals surface area contributed by atoms with E-state index in [0.29, 0.717) is 0 Å². The molecule has 26 heavy (non-hydrogen) atoms. The summed E-state index contributed by atoms with van der Waals surface area (Å²) in [5.41, 5.74) is 3.29. The summed E-state index contributed by atoms with van der Waals surface area (Å²) in [6.45, 7) is 4.39. The highest BCUT2D eigenvalue weighted by Crippen LogP contribution is 2.31. The van der Waals surface area contributed by atoms with Crippen molar-refractivity contribution in [3.8, 4) is 16.3 Å². The van der Waals surface area contributed by atoms with Crippen LogP contribution in [0.4, 0.5) is 17.2 Å². The fourth-order valence-electron chi connectivity index (χ4n) is 3.05. The summed E-state index contributed by atoms with van der Waals surface area (Å²) in [6.07, 6.45) is 0. The molecule has 3 heterocycles. The predicted octanol–water partition coefficient (Wildman–Crippen LogP) is 3.64. The number of hydrogen-bond donors (Lipinski definition) is 2. The third-order valence-electron chi connectivity index (χ3n) is 4.66. The molecule has 1 saturated heterocycles. The molecule has 0 aliphatic carbocycles. The fourth-order valence-corrected chi connectivity index (χ4v) is 3.87. The van der Waals surface area contributed by atoms with Crippen molar-refractivity contribution in [3.63, 3.8) is 0 Å². The number of nitrogens with zero attached hydrogens (tertiary/aromatic N) is 3. The second-order valence-corrected chi connectivity index (χ2v) is 7.39. The van der Waals surface area contributed by atoms with E-state index < -0.39 is 0 Å². The molecule has 0 unspecified atom stereocenters. The highest BCUT2D eigenvalue weighted by atomic mass is 32.1. The van der Waals surface area contributed by atoms with Crippen molar-refractivity contribution in [2.45, 2.75) is 0 Å². The van der Waals surface area contributed by atoms with Crippen LogP contribution in [-0.4, -0.2) is 55.4 Å². The molecule has 136 valence electrons. The zero-order valence-corrected chi connectivity index (χ0v) is 15.8. The van der Waals surface area contributed by atoms with Gasteiger partial charge < -0.3 is 19.9 Å². The molecule has 1 aliphatic heterocycles. The van der Waals surface area contributed by atoms with E-state index in [0.717, 1.165) is 54.0 Å². The largest absolute Gasteiger partial charge is 0.496 e. The van der Waals surface area contributed by atoms with E-state index >= 15 is 0 Å². The molecule has 0 atom stereocenters. The molecule has 2 aromatic heterocycles. The lowest BCUT2D eigenvalue weighted by Crippen LogP contribution is -2.44. The van der Waals surface area contributed by atoms with Crippen molar-refractivity contribution < 1.29 is 4.74 Å². The number of H-pyrrole nitrogens is 1. The maximum Gasteiger partial charge on any atom is 0.152 e. The van der Waals surface area contributed by atoms with E-state index in [1.54, 1.807) is 18.4 Å². The Morgan fingerprint density at radius 1 is 1.12 bits per heavy atom. The average Bonchev–Trinajstić information content (AvgIpc) is 3.32. The second kappa shape index (κ2) is 7.39. The van der Waals surface area contributed by atoms with Crippen LogP contribution in [0.25, 0.3) is 10.6 Å². The number of hydrogen-bond acceptors (Lipinski definition) is 6. The third kappa shape index (κ3) is 3.68. The number of likely N-dealkylation sites (N-methyl/N-ethyl adjacent to an activating group) is 1. The Labute approximate surface area is 157 Å². The van der Waals surface area contributed by atoms with Crippen LogP contribution in [0.1, 0.15) is 0 Å². The molecule has 4 rings (SSSR count). The molecule has 0 saturated carbocycles. The summed E-state index contributed by atoms with van der Waals surface area (Å²) in [4.78, 5) is 5.90. The van der Waals surface area contributed by atoms with Gasteiger partial charge in [-0.3, -0.25) is 5.10 Å². The van der Waals surface area contributed by atoms with Gasteiger partial charge in [0, 0.05) is 55.1 Å². The summed E-state index contributed by atoms with van der Waals surface area (Å²) < 4.78 is 5.24. The fraction of sp³-hybridized carbons (Fsp3) is 0.316. The predicted molar refractivity (Wildman–Crippen MR) is 108 cm³/mol. The number of nitrogens with one attached hydrogen (secondary N) is 2. The van der Waals surface area contributed by atoms with E-state index in [9.17, 15) is 0 Å². The van der Waals surface area contributed by atoms with Crippen LogP contribution in [0.5, 0.6) is 5.75 Å². The number of rotatable bonds is 5. The van der Waals surface area contributed by atoms with Gasteiger partial charge in [-0.1, -0.05) is 0 Å². The van der Waals surface area contributed by atoms with Gasteiger partial charge in [0.05, 0.1) is 17.7 Å². The summed E-state index contributed by atoms with van der Waals surface area (Å²) in [7, 11) is 3.85. The van der Waals surface area contributed by atoms with Gasteiger partial charge in [-0.15, -0.1) is 11.3 Å². The van der Waals surface area contributed by atoms with Gasteiger partial charge in [-0.05, 0) is 31.3 Å². The molecule has 0 radical (unpaired) electrons. The standard InChI is InChI=1S/C19H23N5OS/c1-23-7-9-24(10-8-23)15-5-3-14(4-6-15)20-19-12-17(21-22-19)18-11-16(25-2)13-26-18/h3-6,11-13H,7-10H2,1-2H3,(H2,20,21,22). The van der Waals surface area contributed by atoms with Gasteiger partial charge in [0.25, 0.3) is 0 Å². The Balaban J connectivity index is 1.41. The first-order valence-corrected chi connectivity index (χ1v) is 9.58. The van der Waals surface area contributed by atoms with E-state index in [-0.39, 0.29) is 0 Å². The van der Waals surface area contributed by atoms with Crippen LogP contribution in [0.15, 0.2) is 41.8 Å². The van der Waals surface area contributed by atoms with Crippen molar-refractivity contribution in [1.29, 1.82) is 0 Å². The number of thiophene rings is 1. The van der Waals surface area contributed by atoms with Crippen molar-refractivity contribution in [2.24, 2.45) is 0 Å². The van der Waals surface area contributed by atoms with Crippen LogP contribution in [-0.2, 0) is 0 Å². The minimum atomic E-state index is 0.805. The number of aromatic amines is 1. The lowest BCUT2D eigenvalue weighted by atomic mass is 10.2. The lowest BCUT2D eigenvalue weighted by molar-refractivity contribution is 0.313. The van der Waals surface area contributed by atoms with Gasteiger partial charge in [0.2, 0.25) is 0 Å². The summed E-state index contributed by atoms with van der Waals surface area (Å²) in [6, 6.07) is 12.6. The summed E-state index contributed by atoms with van der Waals surface area (Å²) >= 11 is 1.63. The van der Waals surface area contributed by atoms with Gasteiger partial charge in [-0.2, -0.15) is 5.10 Å². The Hall–Kier alpha value is -2.51. The molecular weight excluding hydrogens is 346 g/mol. The number of aromatic nitrogens is 2. The second-order valence-electron chi connectivity index (χ2n) is 6.48. The molecule has 1 aromatic carbocycles. The first kappa shape index (κ1) is 16.9. The van der Waals surface area contributed by atoms with Crippen LogP contribution in [0.2, 0.25) is 0 Å². The normalized spacial score (nSPS) is 15.2. The first-order chi connectivity index (χ1) is 12.7. The Bertz CT molecular complexity index is 849. The molecule has 0 spiro atoms. The Morgan fingerprint density at radius 2 is 1.88 bits per heavy atom. The number of benzene rings is 1. The van der Waals surface area contributed by atoms with E-state index in [4.69, 9.17) is 4.74 Å². The zero-order valence-electron chi connectivity index (χ0n) is 15.0. The Kier molecular flexibility index (Phi) is 4.81. The minimum Gasteiger partial charge on any atom is -0.496 e. The smallest absolute Gasteiger partial charge is 0.152 e. The Morgan fingerprint density at radius 3 is 2.58 bits per heavy atom. The molecule has 1 fully saturated rings. The maximum absolute atomic E-state index is 5.24. The van der Waals surface area contributed by atoms with Crippen molar-refractivity contribution in [2.75, 3.05) is 50.6 Å². The maximum atomic E-state index is 5.24. The van der Waals surface area contributed by atoms with Crippen molar-refractivity contribution in [3.05, 3.63) is 41.8 Å². The first-order valence-electron chi connectivity index (χ1n) is 8.70. The number of piperazine rings is 1. The lowest BCUT2D eigenvalue weighted by Gasteiger charge is -2.34. The molecule has 1 aliphatic rings. The summed E-state index contributed by atoms with van der Waals surface area (Å²) in [5.74, 6) is 1.67.